The molecule has 0 aromatic carbocycles. The van der Waals surface area contributed by atoms with Gasteiger partial charge in [0, 0.05) is 24.2 Å². The Hall–Kier alpha value is -0.500. The number of aromatic nitrogens is 4. The molecule has 0 amide bonds. The standard InChI is InChI=1S/C16H12FI2N4PS/c1-9-12(7-20-13(15(9)17)4-5-25-24(18)19)14-6-11-10(2)21-8-22-16(11)23(14)3/h6-8H,1-3H3. The second-order valence-corrected chi connectivity index (χ2v) is 23.0. The molecule has 4 nitrogen and oxygen atoms in total. The van der Waals surface area contributed by atoms with Crippen LogP contribution in [0.1, 0.15) is 17.0 Å². The van der Waals surface area contributed by atoms with E-state index in [0.29, 0.717) is 5.56 Å². The van der Waals surface area contributed by atoms with Crippen LogP contribution in [0.15, 0.2) is 18.6 Å². The average molecular weight is 596 g/mol. The molecule has 0 atom stereocenters. The van der Waals surface area contributed by atoms with E-state index in [0.717, 1.165) is 28.0 Å². The van der Waals surface area contributed by atoms with Gasteiger partial charge < -0.3 is 4.57 Å². The van der Waals surface area contributed by atoms with E-state index in [2.05, 4.69) is 70.2 Å². The number of hydrogen-bond donors (Lipinski definition) is 0. The second kappa shape index (κ2) is 8.03. The highest BCUT2D eigenvalue weighted by molar-refractivity contribution is 14.3. The van der Waals surface area contributed by atoms with Gasteiger partial charge in [0.15, 0.2) is 5.82 Å². The molecule has 0 N–H and O–H groups in total. The van der Waals surface area contributed by atoms with Crippen LogP contribution < -0.4 is 0 Å². The Bertz CT molecular complexity index is 1030. The van der Waals surface area contributed by atoms with Crippen LogP contribution in [-0.2, 0) is 7.05 Å². The summed E-state index contributed by atoms with van der Waals surface area (Å²) < 4.78 is 16.4. The molecule has 0 spiro atoms. The molecule has 3 heterocycles. The topological polar surface area (TPSA) is 43.6 Å². The largest absolute Gasteiger partial charge is 0.328 e. The van der Waals surface area contributed by atoms with Crippen molar-refractivity contribution in [1.29, 1.82) is 0 Å². The number of rotatable bonds is 2. The van der Waals surface area contributed by atoms with E-state index in [4.69, 9.17) is 0 Å². The lowest BCUT2D eigenvalue weighted by atomic mass is 10.1. The summed E-state index contributed by atoms with van der Waals surface area (Å²) in [7, 11) is 1.91. The van der Waals surface area contributed by atoms with E-state index >= 15 is 0 Å². The molecule has 0 saturated carbocycles. The lowest BCUT2D eigenvalue weighted by Crippen LogP contribution is -2.00. The van der Waals surface area contributed by atoms with Crippen LogP contribution in [0, 0.1) is 30.8 Å². The monoisotopic (exact) mass is 596 g/mol. The summed E-state index contributed by atoms with van der Waals surface area (Å²) in [4.78, 5) is 12.8. The Morgan fingerprint density at radius 2 is 2.00 bits per heavy atom. The smallest absolute Gasteiger partial charge is 0.161 e. The van der Waals surface area contributed by atoms with Gasteiger partial charge in [-0.05, 0) is 92.1 Å². The summed E-state index contributed by atoms with van der Waals surface area (Å²) in [5, 5.41) is 3.88. The van der Waals surface area contributed by atoms with E-state index in [9.17, 15) is 4.39 Å². The molecule has 0 radical (unpaired) electrons. The highest BCUT2D eigenvalue weighted by atomic mass is 127. The average Bonchev–Trinajstić information content (AvgIpc) is 2.90. The minimum Gasteiger partial charge on any atom is -0.328 e. The quantitative estimate of drug-likeness (QED) is 0.209. The Balaban J connectivity index is 2.10. The zero-order valence-corrected chi connectivity index (χ0v) is 19.5. The van der Waals surface area contributed by atoms with Crippen molar-refractivity contribution in [3.8, 4) is 22.4 Å². The summed E-state index contributed by atoms with van der Waals surface area (Å²) in [6, 6.07) is 1.98. The summed E-state index contributed by atoms with van der Waals surface area (Å²) >= 11 is 6.12. The zero-order chi connectivity index (χ0) is 18.1. The van der Waals surface area contributed by atoms with Crippen LogP contribution in [0.25, 0.3) is 22.3 Å². The normalized spacial score (nSPS) is 11.0. The number of pyridine rings is 1. The minimum atomic E-state index is -0.370. The van der Waals surface area contributed by atoms with E-state index in [1.165, 1.54) is 11.4 Å². The maximum absolute atomic E-state index is 14.7. The molecule has 25 heavy (non-hydrogen) atoms. The van der Waals surface area contributed by atoms with Crippen molar-refractivity contribution in [2.24, 2.45) is 7.05 Å². The van der Waals surface area contributed by atoms with Gasteiger partial charge in [-0.1, -0.05) is 0 Å². The molecule has 3 aromatic rings. The summed E-state index contributed by atoms with van der Waals surface area (Å²) in [6.07, 6.45) is 3.22. The molecule has 9 heteroatoms. The van der Waals surface area contributed by atoms with Crippen LogP contribution in [0.4, 0.5) is 4.39 Å². The maximum Gasteiger partial charge on any atom is 0.161 e. The van der Waals surface area contributed by atoms with Crippen LogP contribution in [0.2, 0.25) is 0 Å². The molecule has 128 valence electrons. The summed E-state index contributed by atoms with van der Waals surface area (Å²) in [6.45, 7) is 3.69. The third-order valence-electron chi connectivity index (χ3n) is 3.85. The molecular weight excluding hydrogens is 584 g/mol. The van der Waals surface area contributed by atoms with E-state index in [-0.39, 0.29) is 13.9 Å². The Labute approximate surface area is 176 Å². The molecular formula is C16H12FI2N4PS. The van der Waals surface area contributed by atoms with Crippen molar-refractivity contribution in [3.05, 3.63) is 41.4 Å². The van der Waals surface area contributed by atoms with Crippen molar-refractivity contribution in [2.45, 2.75) is 13.8 Å². The van der Waals surface area contributed by atoms with Crippen LogP contribution >= 0.6 is 57.9 Å². The predicted molar refractivity (Wildman–Crippen MR) is 121 cm³/mol. The predicted octanol–water partition coefficient (Wildman–Crippen LogP) is 5.93. The molecule has 0 bridgehead atoms. The minimum absolute atomic E-state index is 0.188. The first kappa shape index (κ1) is 19.3. The van der Waals surface area contributed by atoms with Gasteiger partial charge in [-0.3, -0.25) is 0 Å². The molecule has 3 rings (SSSR count). The van der Waals surface area contributed by atoms with E-state index in [1.807, 2.05) is 24.6 Å². The van der Waals surface area contributed by atoms with Crippen LogP contribution in [0.3, 0.4) is 0 Å². The second-order valence-electron chi connectivity index (χ2n) is 5.26. The van der Waals surface area contributed by atoms with Gasteiger partial charge in [0.25, 0.3) is 0 Å². The number of hydrogen-bond acceptors (Lipinski definition) is 4. The van der Waals surface area contributed by atoms with Crippen molar-refractivity contribution < 1.29 is 4.39 Å². The molecule has 0 saturated heterocycles. The van der Waals surface area contributed by atoms with Gasteiger partial charge in [-0.25, -0.2) is 19.3 Å². The summed E-state index contributed by atoms with van der Waals surface area (Å²) in [5.41, 5.74) is 4.03. The van der Waals surface area contributed by atoms with Crippen molar-refractivity contribution in [3.63, 3.8) is 0 Å². The Morgan fingerprint density at radius 1 is 1.24 bits per heavy atom. The number of halogens is 3. The maximum atomic E-state index is 14.7. The number of fused-ring (bicyclic) bond motifs is 1. The van der Waals surface area contributed by atoms with Crippen LogP contribution in [0.5, 0.6) is 0 Å². The van der Waals surface area contributed by atoms with Crippen LogP contribution in [-0.4, -0.2) is 19.5 Å². The highest BCUT2D eigenvalue weighted by Crippen LogP contribution is 2.64. The SMILES string of the molecule is Cc1c(-c2cc3c(C)ncnc3n2C)cnc(C#CSP(I)I)c1F. The molecule has 0 unspecified atom stereocenters. The number of nitrogens with zero attached hydrogens (tertiary/aromatic N) is 4. The molecule has 0 aliphatic heterocycles. The lowest BCUT2D eigenvalue weighted by molar-refractivity contribution is 0.608. The van der Waals surface area contributed by atoms with Gasteiger partial charge >= 0.3 is 0 Å². The molecule has 0 fully saturated rings. The summed E-state index contributed by atoms with van der Waals surface area (Å²) in [5.74, 6) is 2.45. The fraction of sp³-hybridized carbons (Fsp3) is 0.188. The van der Waals surface area contributed by atoms with Gasteiger partial charge in [0.05, 0.1) is 13.8 Å². The van der Waals surface area contributed by atoms with Crippen molar-refractivity contribution >= 4 is 68.9 Å². The van der Waals surface area contributed by atoms with Gasteiger partial charge in [-0.2, -0.15) is 0 Å². The van der Waals surface area contributed by atoms with Crippen molar-refractivity contribution in [1.82, 2.24) is 19.5 Å². The Morgan fingerprint density at radius 3 is 2.68 bits per heavy atom. The Kier molecular flexibility index (Phi) is 6.19. The fourth-order valence-corrected chi connectivity index (χ4v) is 4.87. The molecule has 3 aromatic heterocycles. The van der Waals surface area contributed by atoms with E-state index in [1.54, 1.807) is 19.4 Å². The van der Waals surface area contributed by atoms with Crippen molar-refractivity contribution in [2.75, 3.05) is 0 Å². The first-order valence-corrected chi connectivity index (χ1v) is 15.5. The van der Waals surface area contributed by atoms with Gasteiger partial charge in [-0.15, -0.1) is 0 Å². The fourth-order valence-electron chi connectivity index (χ4n) is 2.54. The third-order valence-corrected chi connectivity index (χ3v) is 8.41. The molecule has 0 aliphatic carbocycles. The molecule has 0 aliphatic rings. The van der Waals surface area contributed by atoms with Gasteiger partial charge in [0.1, 0.15) is 17.7 Å². The van der Waals surface area contributed by atoms with E-state index < -0.39 is 0 Å². The third kappa shape index (κ3) is 3.94. The first-order chi connectivity index (χ1) is 11.9. The van der Waals surface area contributed by atoms with Gasteiger partial charge in [0.2, 0.25) is 0 Å². The highest BCUT2D eigenvalue weighted by Gasteiger charge is 2.17. The first-order valence-electron chi connectivity index (χ1n) is 7.12. The zero-order valence-electron chi connectivity index (χ0n) is 13.5. The lowest BCUT2D eigenvalue weighted by Gasteiger charge is -2.09. The number of aryl methyl sites for hydroxylation is 2.